The van der Waals surface area contributed by atoms with E-state index in [1.807, 2.05) is 0 Å². The third-order valence-corrected chi connectivity index (χ3v) is 5.69. The molecule has 4 heterocycles. The van der Waals surface area contributed by atoms with E-state index in [0.717, 1.165) is 12.8 Å². The fourth-order valence-corrected chi connectivity index (χ4v) is 4.11. The number of ether oxygens (including phenoxy) is 2. The molecule has 0 spiro atoms. The van der Waals surface area contributed by atoms with Crippen LogP contribution in [0.5, 0.6) is 0 Å². The van der Waals surface area contributed by atoms with E-state index in [-0.39, 0.29) is 11.1 Å². The summed E-state index contributed by atoms with van der Waals surface area (Å²) in [4.78, 5) is 25.2. The maximum atomic E-state index is 11.6. The zero-order chi connectivity index (χ0) is 23.2. The number of aromatic nitrogens is 4. The number of imidazole rings is 1. The van der Waals surface area contributed by atoms with Crippen LogP contribution in [0.4, 0.5) is 0 Å². The van der Waals surface area contributed by atoms with Gasteiger partial charge in [0.1, 0.15) is 11.6 Å². The maximum Gasteiger partial charge on any atom is 0.303 e. The molecule has 0 bridgehead atoms. The minimum atomic E-state index is -0.621. The van der Waals surface area contributed by atoms with Crippen molar-refractivity contribution in [2.75, 3.05) is 6.61 Å². The Labute approximate surface area is 197 Å². The summed E-state index contributed by atoms with van der Waals surface area (Å²) in [5.74, 6) is 7.09. The van der Waals surface area contributed by atoms with Crippen molar-refractivity contribution < 1.29 is 18.7 Å². The van der Waals surface area contributed by atoms with Crippen LogP contribution in [-0.2, 0) is 14.3 Å². The Kier molecular flexibility index (Phi) is 7.63. The monoisotopic (exact) mass is 470 g/mol. The quantitative estimate of drug-likeness (QED) is 0.191. The Morgan fingerprint density at radius 2 is 2.12 bits per heavy atom. The molecule has 9 heteroatoms. The highest BCUT2D eigenvalue weighted by Gasteiger charge is 2.36. The van der Waals surface area contributed by atoms with Crippen molar-refractivity contribution in [2.24, 2.45) is 0 Å². The highest BCUT2D eigenvalue weighted by atomic mass is 35.5. The first-order valence-electron chi connectivity index (χ1n) is 11.4. The zero-order valence-corrected chi connectivity index (χ0v) is 19.6. The van der Waals surface area contributed by atoms with E-state index >= 15 is 0 Å². The first-order valence-corrected chi connectivity index (χ1v) is 11.7. The third kappa shape index (κ3) is 5.37. The van der Waals surface area contributed by atoms with Crippen LogP contribution < -0.4 is 0 Å². The predicted octanol–water partition coefficient (Wildman–Crippen LogP) is 5.30. The first-order chi connectivity index (χ1) is 16.1. The highest BCUT2D eigenvalue weighted by Crippen LogP contribution is 2.36. The number of furan rings is 1. The molecule has 0 saturated carbocycles. The number of unbranched alkanes of at least 4 members (excludes halogenated alkanes) is 5. The molecule has 1 aliphatic heterocycles. The van der Waals surface area contributed by atoms with Gasteiger partial charge in [-0.1, -0.05) is 50.1 Å². The number of hydrogen-bond acceptors (Lipinski definition) is 7. The lowest BCUT2D eigenvalue weighted by Crippen LogP contribution is -2.25. The van der Waals surface area contributed by atoms with E-state index < -0.39 is 12.3 Å². The summed E-state index contributed by atoms with van der Waals surface area (Å²) in [6.07, 6.45) is 7.70. The van der Waals surface area contributed by atoms with Crippen LogP contribution in [0.3, 0.4) is 0 Å². The molecule has 4 rings (SSSR count). The molecule has 1 aliphatic rings. The van der Waals surface area contributed by atoms with Gasteiger partial charge in [-0.25, -0.2) is 15.0 Å². The van der Waals surface area contributed by atoms with Crippen LogP contribution in [-0.4, -0.2) is 38.2 Å². The van der Waals surface area contributed by atoms with Gasteiger partial charge in [-0.2, -0.15) is 0 Å². The number of rotatable bonds is 8. The lowest BCUT2D eigenvalue weighted by molar-refractivity contribution is -0.151. The Morgan fingerprint density at radius 1 is 1.27 bits per heavy atom. The van der Waals surface area contributed by atoms with Gasteiger partial charge in [0.25, 0.3) is 0 Å². The second kappa shape index (κ2) is 10.8. The molecule has 0 radical (unpaired) electrons. The van der Waals surface area contributed by atoms with Crippen molar-refractivity contribution >= 4 is 28.7 Å². The van der Waals surface area contributed by atoms with E-state index in [1.165, 1.54) is 32.6 Å². The number of carbonyl (C=O) groups is 1. The molecule has 0 aromatic carbocycles. The van der Waals surface area contributed by atoms with Crippen molar-refractivity contribution in [3.8, 4) is 23.4 Å². The molecule has 3 aromatic rings. The number of hydrogen-bond donors (Lipinski definition) is 0. The summed E-state index contributed by atoms with van der Waals surface area (Å²) >= 11 is 6.48. The van der Waals surface area contributed by atoms with Gasteiger partial charge in [-0.3, -0.25) is 9.36 Å². The van der Waals surface area contributed by atoms with Crippen LogP contribution in [0.1, 0.15) is 70.8 Å². The lowest BCUT2D eigenvalue weighted by Gasteiger charge is -2.21. The fraction of sp³-hybridized carbons (Fsp3) is 0.500. The van der Waals surface area contributed by atoms with Gasteiger partial charge in [-0.05, 0) is 24.5 Å². The molecule has 2 atom stereocenters. The zero-order valence-electron chi connectivity index (χ0n) is 18.8. The Balaban J connectivity index is 1.70. The molecule has 1 fully saturated rings. The van der Waals surface area contributed by atoms with E-state index in [4.69, 9.17) is 25.5 Å². The molecule has 33 heavy (non-hydrogen) atoms. The van der Waals surface area contributed by atoms with Crippen LogP contribution in [0.25, 0.3) is 22.7 Å². The van der Waals surface area contributed by atoms with E-state index in [1.54, 1.807) is 23.0 Å². The van der Waals surface area contributed by atoms with Crippen molar-refractivity contribution in [2.45, 2.75) is 71.1 Å². The van der Waals surface area contributed by atoms with Gasteiger partial charge < -0.3 is 13.9 Å². The minimum absolute atomic E-state index is 0.195. The number of nitrogens with zero attached hydrogens (tertiary/aromatic N) is 4. The van der Waals surface area contributed by atoms with Crippen LogP contribution >= 0.6 is 11.6 Å². The summed E-state index contributed by atoms with van der Waals surface area (Å²) in [5.41, 5.74) is 0.864. The lowest BCUT2D eigenvalue weighted by atomic mass is 10.1. The molecule has 0 amide bonds. The Bertz CT molecular complexity index is 1160. The van der Waals surface area contributed by atoms with Crippen molar-refractivity contribution in [3.63, 3.8) is 0 Å². The third-order valence-electron chi connectivity index (χ3n) is 5.43. The fourth-order valence-electron chi connectivity index (χ4n) is 3.90. The number of halogens is 1. The minimum Gasteiger partial charge on any atom is -0.461 e. The Hall–Kier alpha value is -2.89. The van der Waals surface area contributed by atoms with E-state index in [2.05, 4.69) is 33.7 Å². The van der Waals surface area contributed by atoms with Crippen LogP contribution in [0.15, 0.2) is 22.8 Å². The average Bonchev–Trinajstić information content (AvgIpc) is 3.52. The van der Waals surface area contributed by atoms with Crippen molar-refractivity contribution in [3.05, 3.63) is 29.4 Å². The number of carbonyl (C=O) groups excluding carboxylic acids is 1. The maximum absolute atomic E-state index is 11.6. The molecule has 0 N–H and O–H groups in total. The van der Waals surface area contributed by atoms with Gasteiger partial charge in [0.15, 0.2) is 28.6 Å². The smallest absolute Gasteiger partial charge is 0.303 e. The summed E-state index contributed by atoms with van der Waals surface area (Å²) in [6.45, 7) is 4.01. The molecule has 8 nitrogen and oxygen atoms in total. The number of fused-ring (bicyclic) bond motifs is 1. The summed E-state index contributed by atoms with van der Waals surface area (Å²) in [7, 11) is 0. The van der Waals surface area contributed by atoms with Gasteiger partial charge in [0.2, 0.25) is 5.82 Å². The van der Waals surface area contributed by atoms with Crippen molar-refractivity contribution in [1.29, 1.82) is 0 Å². The average molecular weight is 471 g/mol. The molecular weight excluding hydrogens is 444 g/mol. The van der Waals surface area contributed by atoms with Gasteiger partial charge in [0.05, 0.1) is 12.9 Å². The molecule has 3 aromatic heterocycles. The summed E-state index contributed by atoms with van der Waals surface area (Å²) < 4.78 is 18.8. The van der Waals surface area contributed by atoms with Gasteiger partial charge in [0, 0.05) is 19.8 Å². The normalized spacial score (nSPS) is 17.8. The summed E-state index contributed by atoms with van der Waals surface area (Å²) in [6, 6.07) is 3.55. The van der Waals surface area contributed by atoms with Crippen molar-refractivity contribution in [1.82, 2.24) is 19.5 Å². The topological polar surface area (TPSA) is 92.3 Å². The number of esters is 1. The molecule has 0 aliphatic carbocycles. The SMILES string of the molecule is CCCCCCCC#Cc1nc(Cl)c2nc(-c3ccco3)n(C3OCCC3OC(C)=O)c2n1. The van der Waals surface area contributed by atoms with Crippen LogP contribution in [0.2, 0.25) is 5.15 Å². The first kappa shape index (κ1) is 23.3. The summed E-state index contributed by atoms with van der Waals surface area (Å²) in [5, 5.41) is 0.195. The van der Waals surface area contributed by atoms with Gasteiger partial charge >= 0.3 is 5.97 Å². The molecule has 174 valence electrons. The molecule has 2 unspecified atom stereocenters. The standard InChI is InChI=1S/C24H27ClN4O4/c1-3-4-5-6-7-8-9-12-19-26-21(25)20-23(27-19)29(22(28-20)17-11-10-14-31-17)24-18(13-15-32-24)33-16(2)30/h10-11,14,18,24H,3-8,13,15H2,1-2H3. The largest absolute Gasteiger partial charge is 0.461 e. The second-order valence-electron chi connectivity index (χ2n) is 7.96. The highest BCUT2D eigenvalue weighted by molar-refractivity contribution is 6.33. The van der Waals surface area contributed by atoms with E-state index in [0.29, 0.717) is 41.6 Å². The van der Waals surface area contributed by atoms with E-state index in [9.17, 15) is 4.79 Å². The Morgan fingerprint density at radius 3 is 2.88 bits per heavy atom. The molecular formula is C24H27ClN4O4. The molecule has 1 saturated heterocycles. The predicted molar refractivity (Wildman–Crippen MR) is 123 cm³/mol. The second-order valence-corrected chi connectivity index (χ2v) is 8.31. The van der Waals surface area contributed by atoms with Crippen LogP contribution in [0, 0.1) is 11.8 Å². The van der Waals surface area contributed by atoms with Gasteiger partial charge in [-0.15, -0.1) is 0 Å².